The molecule has 2 saturated carbocycles. The molecule has 0 aromatic heterocycles. The van der Waals surface area contributed by atoms with E-state index in [-0.39, 0.29) is 10.2 Å². The maximum atomic E-state index is 12.6. The molecule has 0 saturated heterocycles. The van der Waals surface area contributed by atoms with Crippen LogP contribution in [0.25, 0.3) is 0 Å². The van der Waals surface area contributed by atoms with Crippen molar-refractivity contribution in [2.45, 2.75) is 49.8 Å². The van der Waals surface area contributed by atoms with Gasteiger partial charge in [-0.2, -0.15) is 0 Å². The second-order valence-corrected chi connectivity index (χ2v) is 9.30. The quantitative estimate of drug-likeness (QED) is 0.594. The number of hydrogen-bond acceptors (Lipinski definition) is 2. The first-order chi connectivity index (χ1) is 10.4. The normalized spacial score (nSPS) is 40.0. The molecule has 2 fully saturated rings. The molecule has 3 aliphatic rings. The Morgan fingerprint density at radius 1 is 1.32 bits per heavy atom. The highest BCUT2D eigenvalue weighted by molar-refractivity contribution is 9.10. The largest absolute Gasteiger partial charge is 0.507 e. The molecule has 1 N–H and O–H groups in total. The highest BCUT2D eigenvalue weighted by atomic mass is 79.9. The lowest BCUT2D eigenvalue weighted by Crippen LogP contribution is -2.42. The van der Waals surface area contributed by atoms with E-state index in [9.17, 15) is 9.90 Å². The Hall–Kier alpha value is -0.350. The van der Waals surface area contributed by atoms with Crippen molar-refractivity contribution in [1.29, 1.82) is 0 Å². The lowest BCUT2D eigenvalue weighted by molar-refractivity contribution is -0.128. The number of aromatic hydroxyl groups is 1. The summed E-state index contributed by atoms with van der Waals surface area (Å²) in [5, 5.41) is 9.93. The summed E-state index contributed by atoms with van der Waals surface area (Å²) in [6.45, 7) is 2.19. The lowest BCUT2D eigenvalue weighted by atomic mass is 9.55. The van der Waals surface area contributed by atoms with Gasteiger partial charge in [0.05, 0.1) is 9.30 Å². The van der Waals surface area contributed by atoms with Gasteiger partial charge in [0, 0.05) is 5.41 Å². The van der Waals surface area contributed by atoms with Crippen molar-refractivity contribution in [3.8, 4) is 5.75 Å². The summed E-state index contributed by atoms with van der Waals surface area (Å²) < 4.78 is 0.873. The second-order valence-electron chi connectivity index (χ2n) is 7.41. The third kappa shape index (κ3) is 1.92. The Bertz CT molecular complexity index is 657. The first-order valence-electron chi connectivity index (χ1n) is 8.12. The maximum Gasteiger partial charge on any atom is 0.152 e. The number of hydrogen-bond donors (Lipinski definition) is 1. The van der Waals surface area contributed by atoms with Crippen molar-refractivity contribution in [2.24, 2.45) is 17.3 Å². The molecule has 2 nitrogen and oxygen atoms in total. The van der Waals surface area contributed by atoms with Gasteiger partial charge in [-0.05, 0) is 83.0 Å². The van der Waals surface area contributed by atoms with E-state index in [1.165, 1.54) is 11.1 Å². The monoisotopic (exact) mass is 426 g/mol. The molecule has 0 aliphatic heterocycles. The van der Waals surface area contributed by atoms with Gasteiger partial charge in [-0.15, -0.1) is 0 Å². The minimum Gasteiger partial charge on any atom is -0.507 e. The summed E-state index contributed by atoms with van der Waals surface area (Å²) >= 11 is 7.17. The van der Waals surface area contributed by atoms with E-state index >= 15 is 0 Å². The summed E-state index contributed by atoms with van der Waals surface area (Å²) in [5.41, 5.74) is 2.55. The third-order valence-electron chi connectivity index (χ3n) is 6.52. The molecule has 118 valence electrons. The zero-order chi connectivity index (χ0) is 15.6. The lowest BCUT2D eigenvalue weighted by Gasteiger charge is -2.48. The van der Waals surface area contributed by atoms with Gasteiger partial charge in [0.2, 0.25) is 0 Å². The predicted octanol–water partition coefficient (Wildman–Crippen LogP) is 4.95. The summed E-state index contributed by atoms with van der Waals surface area (Å²) in [6.07, 6.45) is 5.21. The van der Waals surface area contributed by atoms with Gasteiger partial charge in [-0.1, -0.05) is 28.9 Å². The van der Waals surface area contributed by atoms with Gasteiger partial charge in [0.1, 0.15) is 5.75 Å². The molecule has 0 bridgehead atoms. The SMILES string of the molecule is C[C@]12CC[C@@H]3c4ccc(O)c(Br)c4CC[C@H]3[C@@H]1C[C@@H](Br)C2=O. The fraction of sp³-hybridized carbons (Fsp3) is 0.611. The zero-order valence-corrected chi connectivity index (χ0v) is 15.8. The van der Waals surface area contributed by atoms with Crippen LogP contribution in [0.5, 0.6) is 5.75 Å². The van der Waals surface area contributed by atoms with Crippen LogP contribution in [-0.2, 0) is 11.2 Å². The van der Waals surface area contributed by atoms with Crippen molar-refractivity contribution in [2.75, 3.05) is 0 Å². The molecule has 0 amide bonds. The number of carbonyl (C=O) groups is 1. The van der Waals surface area contributed by atoms with Gasteiger partial charge in [-0.3, -0.25) is 4.79 Å². The molecular formula is C18H20Br2O2. The number of Topliss-reactive ketones (excluding diaryl/α,β-unsaturated/α-hetero) is 1. The topological polar surface area (TPSA) is 37.3 Å². The van der Waals surface area contributed by atoms with E-state index in [2.05, 4.69) is 44.8 Å². The summed E-state index contributed by atoms with van der Waals surface area (Å²) in [6, 6.07) is 3.92. The van der Waals surface area contributed by atoms with Crippen molar-refractivity contribution in [1.82, 2.24) is 0 Å². The molecule has 0 unspecified atom stereocenters. The van der Waals surface area contributed by atoms with Crippen molar-refractivity contribution in [3.05, 3.63) is 27.7 Å². The van der Waals surface area contributed by atoms with Gasteiger partial charge < -0.3 is 5.11 Å². The van der Waals surface area contributed by atoms with Gasteiger partial charge >= 0.3 is 0 Å². The molecule has 22 heavy (non-hydrogen) atoms. The Balaban J connectivity index is 1.75. The van der Waals surface area contributed by atoms with E-state index in [0.29, 0.717) is 29.3 Å². The smallest absolute Gasteiger partial charge is 0.152 e. The fourth-order valence-electron chi connectivity index (χ4n) is 5.36. The molecular weight excluding hydrogens is 408 g/mol. The molecule has 4 heteroatoms. The highest BCUT2D eigenvalue weighted by Gasteiger charge is 2.57. The van der Waals surface area contributed by atoms with Crippen LogP contribution in [0.4, 0.5) is 0 Å². The molecule has 0 spiro atoms. The van der Waals surface area contributed by atoms with Gasteiger partial charge in [0.25, 0.3) is 0 Å². The minimum absolute atomic E-state index is 0.0502. The number of rotatable bonds is 0. The molecule has 0 heterocycles. The second kappa shape index (κ2) is 5.07. The van der Waals surface area contributed by atoms with E-state index in [0.717, 1.165) is 36.6 Å². The van der Waals surface area contributed by atoms with Crippen LogP contribution in [-0.4, -0.2) is 15.7 Å². The molecule has 1 aromatic carbocycles. The van der Waals surface area contributed by atoms with Crippen LogP contribution in [0, 0.1) is 17.3 Å². The summed E-state index contributed by atoms with van der Waals surface area (Å²) in [5.74, 6) is 2.42. The fourth-order valence-corrected chi connectivity index (χ4v) is 6.85. The number of benzene rings is 1. The zero-order valence-electron chi connectivity index (χ0n) is 12.6. The van der Waals surface area contributed by atoms with Crippen LogP contribution in [0.2, 0.25) is 0 Å². The maximum absolute atomic E-state index is 12.6. The van der Waals surface area contributed by atoms with Gasteiger partial charge in [-0.25, -0.2) is 0 Å². The Kier molecular flexibility index (Phi) is 3.50. The average Bonchev–Trinajstić information content (AvgIpc) is 2.74. The Morgan fingerprint density at radius 2 is 2.09 bits per heavy atom. The van der Waals surface area contributed by atoms with E-state index in [4.69, 9.17) is 0 Å². The van der Waals surface area contributed by atoms with Crippen LogP contribution < -0.4 is 0 Å². The van der Waals surface area contributed by atoms with Crippen molar-refractivity contribution < 1.29 is 9.90 Å². The highest BCUT2D eigenvalue weighted by Crippen LogP contribution is 2.61. The third-order valence-corrected chi connectivity index (χ3v) is 8.20. The standard InChI is InChI=1S/C18H20Br2O2/c1-18-7-6-10-9-4-5-15(21)16(20)12(9)3-2-11(10)13(18)8-14(19)17(18)22/h4-5,10-11,13-14,21H,2-3,6-8H2,1H3/t10-,11-,13+,14-,18+/m1/s1. The van der Waals surface area contributed by atoms with E-state index in [1.54, 1.807) is 0 Å². The van der Waals surface area contributed by atoms with Crippen LogP contribution >= 0.6 is 31.9 Å². The summed E-state index contributed by atoms with van der Waals surface area (Å²) in [4.78, 5) is 12.6. The number of fused-ring (bicyclic) bond motifs is 5. The average molecular weight is 428 g/mol. The number of phenols is 1. The Morgan fingerprint density at radius 3 is 2.86 bits per heavy atom. The Labute approximate surface area is 147 Å². The number of carbonyl (C=O) groups excluding carboxylic acids is 1. The van der Waals surface area contributed by atoms with E-state index < -0.39 is 0 Å². The summed E-state index contributed by atoms with van der Waals surface area (Å²) in [7, 11) is 0. The molecule has 3 aliphatic carbocycles. The number of halogens is 2. The molecule has 5 atom stereocenters. The van der Waals surface area contributed by atoms with Crippen molar-refractivity contribution >= 4 is 37.6 Å². The minimum atomic E-state index is -0.124. The number of alkyl halides is 1. The molecule has 1 aromatic rings. The van der Waals surface area contributed by atoms with Crippen LogP contribution in [0.3, 0.4) is 0 Å². The first-order valence-corrected chi connectivity index (χ1v) is 9.83. The molecule has 4 rings (SSSR count). The predicted molar refractivity (Wildman–Crippen MR) is 93.5 cm³/mol. The van der Waals surface area contributed by atoms with E-state index in [1.807, 2.05) is 6.07 Å². The van der Waals surface area contributed by atoms with Gasteiger partial charge in [0.15, 0.2) is 5.78 Å². The molecule has 0 radical (unpaired) electrons. The van der Waals surface area contributed by atoms with Crippen LogP contribution in [0.15, 0.2) is 16.6 Å². The first kappa shape index (κ1) is 15.2. The van der Waals surface area contributed by atoms with Crippen molar-refractivity contribution in [3.63, 3.8) is 0 Å². The van der Waals surface area contributed by atoms with Crippen LogP contribution in [0.1, 0.15) is 49.7 Å². The number of ketones is 1. The number of phenolic OH excluding ortho intramolecular Hbond substituents is 1.